The van der Waals surface area contributed by atoms with Crippen molar-refractivity contribution in [3.05, 3.63) is 46.3 Å². The SMILES string of the molecule is Cc1nn(C)c2c(N3CCN(CC(=O)c4cccc(Br)c4)CC3)ncnc12. The van der Waals surface area contributed by atoms with Gasteiger partial charge in [0.25, 0.3) is 0 Å². The number of anilines is 1. The quantitative estimate of drug-likeness (QED) is 0.594. The van der Waals surface area contributed by atoms with Crippen LogP contribution in [0.3, 0.4) is 0 Å². The Morgan fingerprint density at radius 3 is 2.70 bits per heavy atom. The van der Waals surface area contributed by atoms with E-state index in [2.05, 4.69) is 40.8 Å². The molecule has 0 atom stereocenters. The van der Waals surface area contributed by atoms with E-state index in [1.54, 1.807) is 6.33 Å². The van der Waals surface area contributed by atoms with Crippen molar-refractivity contribution < 1.29 is 4.79 Å². The first-order valence-corrected chi connectivity index (χ1v) is 9.72. The van der Waals surface area contributed by atoms with E-state index in [4.69, 9.17) is 0 Å². The first-order chi connectivity index (χ1) is 13.0. The normalized spacial score (nSPS) is 15.4. The van der Waals surface area contributed by atoms with Crippen molar-refractivity contribution in [3.8, 4) is 0 Å². The van der Waals surface area contributed by atoms with Gasteiger partial charge < -0.3 is 4.90 Å². The summed E-state index contributed by atoms with van der Waals surface area (Å²) in [4.78, 5) is 25.9. The standard InChI is InChI=1S/C19H21BrN6O/c1-13-17-18(24(2)23-13)19(22-12-21-17)26-8-6-25(7-9-26)11-16(27)14-4-3-5-15(20)10-14/h3-5,10,12H,6-9,11H2,1-2H3. The number of carbonyl (C=O) groups excluding carboxylic acids is 1. The molecule has 1 fully saturated rings. The number of fused-ring (bicyclic) bond motifs is 1. The first kappa shape index (κ1) is 18.1. The van der Waals surface area contributed by atoms with Crippen molar-refractivity contribution in [2.45, 2.75) is 6.92 Å². The summed E-state index contributed by atoms with van der Waals surface area (Å²) < 4.78 is 2.78. The zero-order valence-electron chi connectivity index (χ0n) is 15.4. The molecule has 4 rings (SSSR count). The van der Waals surface area contributed by atoms with E-state index < -0.39 is 0 Å². The van der Waals surface area contributed by atoms with Crippen molar-refractivity contribution in [2.24, 2.45) is 7.05 Å². The number of nitrogens with zero attached hydrogens (tertiary/aromatic N) is 6. The van der Waals surface area contributed by atoms with Gasteiger partial charge in [-0.25, -0.2) is 9.97 Å². The zero-order chi connectivity index (χ0) is 19.0. The lowest BCUT2D eigenvalue weighted by Gasteiger charge is -2.35. The molecule has 27 heavy (non-hydrogen) atoms. The molecule has 8 heteroatoms. The summed E-state index contributed by atoms with van der Waals surface area (Å²) in [6, 6.07) is 7.57. The first-order valence-electron chi connectivity index (χ1n) is 8.93. The van der Waals surface area contributed by atoms with Gasteiger partial charge in [0, 0.05) is 43.3 Å². The molecule has 2 aromatic heterocycles. The number of aromatic nitrogens is 4. The van der Waals surface area contributed by atoms with Crippen LogP contribution in [0.15, 0.2) is 35.1 Å². The largest absolute Gasteiger partial charge is 0.352 e. The summed E-state index contributed by atoms with van der Waals surface area (Å²) in [6.45, 7) is 5.69. The number of hydrogen-bond donors (Lipinski definition) is 0. The lowest BCUT2D eigenvalue weighted by molar-refractivity contribution is 0.0926. The fourth-order valence-electron chi connectivity index (χ4n) is 3.56. The van der Waals surface area contributed by atoms with Gasteiger partial charge in [0.05, 0.1) is 12.2 Å². The minimum atomic E-state index is 0.149. The molecule has 1 aliphatic rings. The van der Waals surface area contributed by atoms with Crippen molar-refractivity contribution in [2.75, 3.05) is 37.6 Å². The molecule has 1 aliphatic heterocycles. The molecule has 0 aliphatic carbocycles. The highest BCUT2D eigenvalue weighted by Gasteiger charge is 2.23. The Kier molecular flexibility index (Phi) is 4.92. The van der Waals surface area contributed by atoms with Gasteiger partial charge in [0.2, 0.25) is 0 Å². The van der Waals surface area contributed by atoms with Gasteiger partial charge in [0.15, 0.2) is 11.6 Å². The number of benzene rings is 1. The molecule has 0 radical (unpaired) electrons. The van der Waals surface area contributed by atoms with Gasteiger partial charge in [-0.2, -0.15) is 5.10 Å². The average Bonchev–Trinajstić information content (AvgIpc) is 2.97. The molecule has 140 valence electrons. The maximum atomic E-state index is 12.5. The molecule has 0 amide bonds. The lowest BCUT2D eigenvalue weighted by Crippen LogP contribution is -2.48. The smallest absolute Gasteiger partial charge is 0.176 e. The van der Waals surface area contributed by atoms with Gasteiger partial charge >= 0.3 is 0 Å². The number of ketones is 1. The molecule has 0 bridgehead atoms. The fraction of sp³-hybridized carbons (Fsp3) is 0.368. The van der Waals surface area contributed by atoms with Crippen LogP contribution in [0, 0.1) is 6.92 Å². The van der Waals surface area contributed by atoms with Crippen LogP contribution in [0.25, 0.3) is 11.0 Å². The molecule has 0 saturated carbocycles. The molecule has 0 N–H and O–H groups in total. The minimum Gasteiger partial charge on any atom is -0.352 e. The van der Waals surface area contributed by atoms with Gasteiger partial charge in [-0.15, -0.1) is 0 Å². The molecule has 1 aromatic carbocycles. The van der Waals surface area contributed by atoms with E-state index >= 15 is 0 Å². The third-order valence-corrected chi connectivity index (χ3v) is 5.45. The van der Waals surface area contributed by atoms with Crippen LogP contribution in [0.1, 0.15) is 16.1 Å². The topological polar surface area (TPSA) is 67.2 Å². The number of Topliss-reactive ketones (excluding diaryl/α,β-unsaturated/α-hetero) is 1. The monoisotopic (exact) mass is 428 g/mol. The van der Waals surface area contributed by atoms with E-state index in [0.717, 1.165) is 58.8 Å². The maximum absolute atomic E-state index is 12.5. The second kappa shape index (κ2) is 7.36. The van der Waals surface area contributed by atoms with E-state index in [0.29, 0.717) is 6.54 Å². The second-order valence-corrected chi connectivity index (χ2v) is 7.72. The van der Waals surface area contributed by atoms with E-state index in [-0.39, 0.29) is 5.78 Å². The van der Waals surface area contributed by atoms with Crippen LogP contribution in [0.4, 0.5) is 5.82 Å². The predicted molar refractivity (Wildman–Crippen MR) is 108 cm³/mol. The van der Waals surface area contributed by atoms with Crippen molar-refractivity contribution in [1.82, 2.24) is 24.6 Å². The fourth-order valence-corrected chi connectivity index (χ4v) is 3.96. The van der Waals surface area contributed by atoms with Crippen LogP contribution in [-0.2, 0) is 7.05 Å². The molecule has 0 unspecified atom stereocenters. The molecular formula is C19H21BrN6O. The van der Waals surface area contributed by atoms with Gasteiger partial charge in [0.1, 0.15) is 17.4 Å². The molecular weight excluding hydrogens is 408 g/mol. The summed E-state index contributed by atoms with van der Waals surface area (Å²) in [5, 5.41) is 4.47. The van der Waals surface area contributed by atoms with E-state index in [1.165, 1.54) is 0 Å². The number of carbonyl (C=O) groups is 1. The minimum absolute atomic E-state index is 0.149. The Hall–Kier alpha value is -2.32. The summed E-state index contributed by atoms with van der Waals surface area (Å²) in [5.41, 5.74) is 3.52. The number of rotatable bonds is 4. The zero-order valence-corrected chi connectivity index (χ0v) is 17.0. The second-order valence-electron chi connectivity index (χ2n) is 6.80. The van der Waals surface area contributed by atoms with Gasteiger partial charge in [-0.3, -0.25) is 14.4 Å². The number of hydrogen-bond acceptors (Lipinski definition) is 6. The third kappa shape index (κ3) is 3.59. The van der Waals surface area contributed by atoms with E-state index in [9.17, 15) is 4.79 Å². The average molecular weight is 429 g/mol. The van der Waals surface area contributed by atoms with Crippen LogP contribution in [-0.4, -0.2) is 63.2 Å². The summed E-state index contributed by atoms with van der Waals surface area (Å²) in [5.74, 6) is 1.07. The maximum Gasteiger partial charge on any atom is 0.176 e. The van der Waals surface area contributed by atoms with Crippen molar-refractivity contribution >= 4 is 38.6 Å². The molecule has 3 aromatic rings. The van der Waals surface area contributed by atoms with Crippen molar-refractivity contribution in [1.29, 1.82) is 0 Å². The lowest BCUT2D eigenvalue weighted by atomic mass is 10.1. The van der Waals surface area contributed by atoms with Crippen LogP contribution >= 0.6 is 15.9 Å². The highest BCUT2D eigenvalue weighted by atomic mass is 79.9. The van der Waals surface area contributed by atoms with Gasteiger partial charge in [-0.05, 0) is 19.1 Å². The third-order valence-electron chi connectivity index (χ3n) is 4.95. The number of halogens is 1. The molecule has 0 spiro atoms. The highest BCUT2D eigenvalue weighted by molar-refractivity contribution is 9.10. The van der Waals surface area contributed by atoms with E-state index in [1.807, 2.05) is 42.9 Å². The van der Waals surface area contributed by atoms with Crippen LogP contribution in [0.2, 0.25) is 0 Å². The molecule has 1 saturated heterocycles. The van der Waals surface area contributed by atoms with Crippen molar-refractivity contribution in [3.63, 3.8) is 0 Å². The molecule has 3 heterocycles. The Balaban J connectivity index is 1.44. The van der Waals surface area contributed by atoms with Crippen LogP contribution in [0.5, 0.6) is 0 Å². The Morgan fingerprint density at radius 1 is 1.19 bits per heavy atom. The predicted octanol–water partition coefficient (Wildman–Crippen LogP) is 2.44. The van der Waals surface area contributed by atoms with Crippen LogP contribution < -0.4 is 4.90 Å². The highest BCUT2D eigenvalue weighted by Crippen LogP contribution is 2.25. The Labute approximate surface area is 166 Å². The Morgan fingerprint density at radius 2 is 1.96 bits per heavy atom. The molecule has 7 nitrogen and oxygen atoms in total. The number of aryl methyl sites for hydroxylation is 2. The summed E-state index contributed by atoms with van der Waals surface area (Å²) in [6.07, 6.45) is 1.61. The van der Waals surface area contributed by atoms with Gasteiger partial charge in [-0.1, -0.05) is 28.1 Å². The number of piperazine rings is 1. The summed E-state index contributed by atoms with van der Waals surface area (Å²) in [7, 11) is 1.93. The Bertz CT molecular complexity index is 993. The summed E-state index contributed by atoms with van der Waals surface area (Å²) >= 11 is 3.42.